The Kier molecular flexibility index (Phi) is 6.86. The molecule has 0 saturated heterocycles. The van der Waals surface area contributed by atoms with E-state index in [2.05, 4.69) is 15.4 Å². The van der Waals surface area contributed by atoms with E-state index in [1.54, 1.807) is 42.5 Å². The first-order valence-electron chi connectivity index (χ1n) is 8.44. The molecular formula is C20H21N3O5. The molecule has 8 heteroatoms. The molecule has 0 aliphatic rings. The largest absolute Gasteiger partial charge is 0.465 e. The van der Waals surface area contributed by atoms with Crippen molar-refractivity contribution in [1.82, 2.24) is 0 Å². The van der Waals surface area contributed by atoms with Gasteiger partial charge in [0.05, 0.1) is 12.7 Å². The number of amides is 3. The number of hydrogen-bond acceptors (Lipinski definition) is 5. The molecule has 0 aliphatic carbocycles. The first-order chi connectivity index (χ1) is 13.3. The van der Waals surface area contributed by atoms with Gasteiger partial charge in [0, 0.05) is 30.9 Å². The third kappa shape index (κ3) is 5.66. The van der Waals surface area contributed by atoms with Crippen LogP contribution in [0.25, 0.3) is 0 Å². The summed E-state index contributed by atoms with van der Waals surface area (Å²) in [5, 5.41) is 5.29. The highest BCUT2D eigenvalue weighted by Crippen LogP contribution is 2.20. The number of anilines is 3. The number of nitrogens with one attached hydrogen (secondary N) is 2. The van der Waals surface area contributed by atoms with Gasteiger partial charge in [-0.1, -0.05) is 12.1 Å². The lowest BCUT2D eigenvalue weighted by Gasteiger charge is -2.21. The van der Waals surface area contributed by atoms with Crippen LogP contribution in [0.2, 0.25) is 0 Å². The minimum Gasteiger partial charge on any atom is -0.465 e. The normalized spacial score (nSPS) is 9.96. The number of rotatable bonds is 6. The van der Waals surface area contributed by atoms with Gasteiger partial charge in [-0.3, -0.25) is 14.4 Å². The Labute approximate surface area is 162 Å². The minimum absolute atomic E-state index is 0.235. The lowest BCUT2D eigenvalue weighted by Crippen LogP contribution is -2.36. The van der Waals surface area contributed by atoms with Crippen LogP contribution in [0.15, 0.2) is 48.5 Å². The summed E-state index contributed by atoms with van der Waals surface area (Å²) in [5.41, 5.74) is 1.69. The Balaban J connectivity index is 2.14. The van der Waals surface area contributed by atoms with E-state index in [4.69, 9.17) is 0 Å². The van der Waals surface area contributed by atoms with E-state index in [9.17, 15) is 19.2 Å². The molecule has 0 unspecified atom stereocenters. The van der Waals surface area contributed by atoms with Crippen LogP contribution in [-0.2, 0) is 19.1 Å². The molecule has 28 heavy (non-hydrogen) atoms. The molecule has 2 rings (SSSR count). The van der Waals surface area contributed by atoms with Crippen molar-refractivity contribution in [2.75, 3.05) is 29.2 Å². The SMILES string of the molecule is COC(=O)c1cccc(NC(=O)CN(C(C)=O)c2cccc(NC(C)=O)c2)c1. The van der Waals surface area contributed by atoms with Gasteiger partial charge in [-0.2, -0.15) is 0 Å². The first kappa shape index (κ1) is 20.6. The molecule has 0 spiro atoms. The number of esters is 1. The van der Waals surface area contributed by atoms with Crippen LogP contribution in [-0.4, -0.2) is 37.3 Å². The van der Waals surface area contributed by atoms with Gasteiger partial charge >= 0.3 is 5.97 Å². The lowest BCUT2D eigenvalue weighted by atomic mass is 10.2. The molecule has 0 atom stereocenters. The molecule has 2 N–H and O–H groups in total. The number of methoxy groups -OCH3 is 1. The van der Waals surface area contributed by atoms with Gasteiger partial charge in [0.25, 0.3) is 0 Å². The van der Waals surface area contributed by atoms with Gasteiger partial charge in [0.2, 0.25) is 17.7 Å². The second kappa shape index (κ2) is 9.31. The quantitative estimate of drug-likeness (QED) is 0.746. The van der Waals surface area contributed by atoms with Crippen molar-refractivity contribution in [2.45, 2.75) is 13.8 Å². The minimum atomic E-state index is -0.517. The van der Waals surface area contributed by atoms with Crippen molar-refractivity contribution in [3.63, 3.8) is 0 Å². The van der Waals surface area contributed by atoms with Crippen LogP contribution in [0.5, 0.6) is 0 Å². The number of hydrogen-bond donors (Lipinski definition) is 2. The summed E-state index contributed by atoms with van der Waals surface area (Å²) in [4.78, 5) is 48.6. The zero-order valence-corrected chi connectivity index (χ0v) is 15.8. The molecule has 0 aliphatic heterocycles. The van der Waals surface area contributed by atoms with Crippen LogP contribution in [0.4, 0.5) is 17.1 Å². The highest BCUT2D eigenvalue weighted by atomic mass is 16.5. The average molecular weight is 383 g/mol. The number of nitrogens with zero attached hydrogens (tertiary/aromatic N) is 1. The van der Waals surface area contributed by atoms with Crippen molar-refractivity contribution in [2.24, 2.45) is 0 Å². The molecule has 0 fully saturated rings. The van der Waals surface area contributed by atoms with Crippen LogP contribution in [0, 0.1) is 0 Å². The first-order valence-corrected chi connectivity index (χ1v) is 8.44. The molecular weight excluding hydrogens is 362 g/mol. The van der Waals surface area contributed by atoms with E-state index in [1.165, 1.54) is 31.9 Å². The third-order valence-electron chi connectivity index (χ3n) is 3.73. The fourth-order valence-corrected chi connectivity index (χ4v) is 2.53. The lowest BCUT2D eigenvalue weighted by molar-refractivity contribution is -0.120. The fourth-order valence-electron chi connectivity index (χ4n) is 2.53. The monoisotopic (exact) mass is 383 g/mol. The van der Waals surface area contributed by atoms with Crippen molar-refractivity contribution in [3.05, 3.63) is 54.1 Å². The molecule has 0 saturated carbocycles. The van der Waals surface area contributed by atoms with E-state index in [0.29, 0.717) is 22.6 Å². The Morgan fingerprint density at radius 1 is 0.929 bits per heavy atom. The third-order valence-corrected chi connectivity index (χ3v) is 3.73. The van der Waals surface area contributed by atoms with Gasteiger partial charge < -0.3 is 20.3 Å². The van der Waals surface area contributed by atoms with E-state index < -0.39 is 11.9 Å². The highest BCUT2D eigenvalue weighted by molar-refractivity contribution is 6.02. The Morgan fingerprint density at radius 2 is 1.57 bits per heavy atom. The predicted octanol–water partition coefficient (Wildman–Crippen LogP) is 2.42. The van der Waals surface area contributed by atoms with E-state index in [1.807, 2.05) is 0 Å². The second-order valence-corrected chi connectivity index (χ2v) is 5.96. The highest BCUT2D eigenvalue weighted by Gasteiger charge is 2.17. The topological polar surface area (TPSA) is 105 Å². The summed E-state index contributed by atoms with van der Waals surface area (Å²) in [6, 6.07) is 12.9. The summed E-state index contributed by atoms with van der Waals surface area (Å²) in [7, 11) is 1.27. The van der Waals surface area contributed by atoms with Crippen molar-refractivity contribution < 1.29 is 23.9 Å². The van der Waals surface area contributed by atoms with Crippen molar-refractivity contribution in [3.8, 4) is 0 Å². The van der Waals surface area contributed by atoms with Gasteiger partial charge in [0.1, 0.15) is 6.54 Å². The summed E-state index contributed by atoms with van der Waals surface area (Å²) in [6.45, 7) is 2.49. The number of ether oxygens (including phenoxy) is 1. The van der Waals surface area contributed by atoms with Gasteiger partial charge in [-0.15, -0.1) is 0 Å². The summed E-state index contributed by atoms with van der Waals surface area (Å²) in [5.74, 6) is -1.54. The smallest absolute Gasteiger partial charge is 0.337 e. The van der Waals surface area contributed by atoms with Crippen LogP contribution in [0.1, 0.15) is 24.2 Å². The number of benzene rings is 2. The average Bonchev–Trinajstić information content (AvgIpc) is 2.65. The summed E-state index contributed by atoms with van der Waals surface area (Å²) >= 11 is 0. The molecule has 0 radical (unpaired) electrons. The molecule has 0 heterocycles. The fraction of sp³-hybridized carbons (Fsp3) is 0.200. The molecule has 0 bridgehead atoms. The molecule has 8 nitrogen and oxygen atoms in total. The zero-order chi connectivity index (χ0) is 20.7. The van der Waals surface area contributed by atoms with E-state index in [-0.39, 0.29) is 18.4 Å². The maximum Gasteiger partial charge on any atom is 0.337 e. The van der Waals surface area contributed by atoms with E-state index in [0.717, 1.165) is 0 Å². The molecule has 2 aromatic carbocycles. The maximum absolute atomic E-state index is 12.4. The standard InChI is InChI=1S/C20H21N3O5/c1-13(24)21-17-8-5-9-18(11-17)23(14(2)25)12-19(26)22-16-7-4-6-15(10-16)20(27)28-3/h4-11H,12H2,1-3H3,(H,21,24)(H,22,26). The van der Waals surface area contributed by atoms with Gasteiger partial charge in [0.15, 0.2) is 0 Å². The van der Waals surface area contributed by atoms with Gasteiger partial charge in [-0.05, 0) is 36.4 Å². The predicted molar refractivity (Wildman–Crippen MR) is 105 cm³/mol. The number of carbonyl (C=O) groups is 4. The Morgan fingerprint density at radius 3 is 2.18 bits per heavy atom. The summed E-state index contributed by atoms with van der Waals surface area (Å²) < 4.78 is 4.65. The molecule has 3 amide bonds. The Hall–Kier alpha value is -3.68. The van der Waals surface area contributed by atoms with Crippen molar-refractivity contribution in [1.29, 1.82) is 0 Å². The second-order valence-electron chi connectivity index (χ2n) is 5.96. The van der Waals surface area contributed by atoms with Crippen LogP contribution in [0.3, 0.4) is 0 Å². The van der Waals surface area contributed by atoms with Crippen LogP contribution < -0.4 is 15.5 Å². The van der Waals surface area contributed by atoms with Crippen molar-refractivity contribution >= 4 is 40.8 Å². The maximum atomic E-state index is 12.4. The molecule has 146 valence electrons. The molecule has 0 aromatic heterocycles. The summed E-state index contributed by atoms with van der Waals surface area (Å²) in [6.07, 6.45) is 0. The Bertz CT molecular complexity index is 910. The van der Waals surface area contributed by atoms with Crippen LogP contribution >= 0.6 is 0 Å². The molecule has 2 aromatic rings. The van der Waals surface area contributed by atoms with E-state index >= 15 is 0 Å². The van der Waals surface area contributed by atoms with Gasteiger partial charge in [-0.25, -0.2) is 4.79 Å². The zero-order valence-electron chi connectivity index (χ0n) is 15.8. The number of carbonyl (C=O) groups excluding carboxylic acids is 4.